The summed E-state index contributed by atoms with van der Waals surface area (Å²) in [5.41, 5.74) is 4.75. The molecule has 1 unspecified atom stereocenters. The Morgan fingerprint density at radius 1 is 0.907 bits per heavy atom. The molecule has 3 aromatic carbocycles. The number of rotatable bonds is 11. The molecular formula is C40H48ClN8O4P. The second-order valence-electron chi connectivity index (χ2n) is 14.6. The molecule has 14 heteroatoms. The lowest BCUT2D eigenvalue weighted by Gasteiger charge is -2.43. The number of para-hydroxylation sites is 1. The van der Waals surface area contributed by atoms with Gasteiger partial charge in [0.1, 0.15) is 17.9 Å². The molecular weight excluding hydrogens is 723 g/mol. The van der Waals surface area contributed by atoms with E-state index >= 15 is 0 Å². The monoisotopic (exact) mass is 770 g/mol. The summed E-state index contributed by atoms with van der Waals surface area (Å²) in [6, 6.07) is 22.3. The van der Waals surface area contributed by atoms with Crippen molar-refractivity contribution in [3.05, 3.63) is 89.1 Å². The number of halogens is 1. The number of anilines is 5. The van der Waals surface area contributed by atoms with Crippen LogP contribution in [0.2, 0.25) is 5.02 Å². The van der Waals surface area contributed by atoms with Gasteiger partial charge in [-0.05, 0) is 81.1 Å². The summed E-state index contributed by atoms with van der Waals surface area (Å²) in [5.74, 6) is 0.816. The predicted molar refractivity (Wildman–Crippen MR) is 216 cm³/mol. The molecule has 284 valence electrons. The SMILES string of the molecule is COc1cc(N2CCN(C3CCN(Cc4ccccc4C4CCC(=O)NC4=O)CC3)CC2)ccc1Nc1ncc(Cl)c(Nc2ccccc2P(C)(C)=O)n1. The number of likely N-dealkylation sites (tertiary alicyclic amines) is 1. The van der Waals surface area contributed by atoms with Crippen molar-refractivity contribution < 1.29 is 18.9 Å². The van der Waals surface area contributed by atoms with Crippen LogP contribution in [0.15, 0.2) is 72.9 Å². The van der Waals surface area contributed by atoms with Gasteiger partial charge in [0.25, 0.3) is 0 Å². The Labute approximate surface area is 322 Å². The van der Waals surface area contributed by atoms with Gasteiger partial charge in [-0.3, -0.25) is 24.7 Å². The molecule has 3 aliphatic heterocycles. The van der Waals surface area contributed by atoms with E-state index in [1.54, 1.807) is 20.4 Å². The second kappa shape index (κ2) is 16.5. The summed E-state index contributed by atoms with van der Waals surface area (Å²) in [4.78, 5) is 40.9. The van der Waals surface area contributed by atoms with E-state index in [4.69, 9.17) is 16.3 Å². The molecule has 0 radical (unpaired) electrons. The van der Waals surface area contributed by atoms with E-state index in [9.17, 15) is 14.2 Å². The number of aromatic nitrogens is 2. The molecule has 4 aromatic rings. The maximum Gasteiger partial charge on any atom is 0.234 e. The molecule has 4 heterocycles. The van der Waals surface area contributed by atoms with Gasteiger partial charge in [-0.2, -0.15) is 4.98 Å². The molecule has 3 aliphatic rings. The quantitative estimate of drug-likeness (QED) is 0.119. The number of ether oxygens (including phenoxy) is 1. The van der Waals surface area contributed by atoms with Crippen LogP contribution >= 0.6 is 18.7 Å². The van der Waals surface area contributed by atoms with Crippen LogP contribution < -0.4 is 30.9 Å². The lowest BCUT2D eigenvalue weighted by atomic mass is 9.87. The minimum absolute atomic E-state index is 0.177. The maximum absolute atomic E-state index is 12.9. The van der Waals surface area contributed by atoms with Crippen LogP contribution in [0.4, 0.5) is 28.8 Å². The summed E-state index contributed by atoms with van der Waals surface area (Å²) in [5, 5.41) is 10.1. The van der Waals surface area contributed by atoms with Gasteiger partial charge in [0, 0.05) is 62.2 Å². The van der Waals surface area contributed by atoms with Crippen LogP contribution in [0.3, 0.4) is 0 Å². The molecule has 3 saturated heterocycles. The fraction of sp³-hybridized carbons (Fsp3) is 0.400. The van der Waals surface area contributed by atoms with Gasteiger partial charge >= 0.3 is 0 Å². The first-order valence-electron chi connectivity index (χ1n) is 18.6. The zero-order chi connectivity index (χ0) is 37.8. The summed E-state index contributed by atoms with van der Waals surface area (Å²) in [7, 11) is -0.885. The fourth-order valence-electron chi connectivity index (χ4n) is 7.83. The molecule has 0 spiro atoms. The summed E-state index contributed by atoms with van der Waals surface area (Å²) in [6.45, 7) is 10.2. The van der Waals surface area contributed by atoms with Crippen molar-refractivity contribution in [3.63, 3.8) is 0 Å². The Balaban J connectivity index is 0.928. The van der Waals surface area contributed by atoms with E-state index in [1.165, 1.54) is 11.8 Å². The molecule has 0 saturated carbocycles. The molecule has 1 atom stereocenters. The third-order valence-electron chi connectivity index (χ3n) is 10.7. The number of carbonyl (C=O) groups excluding carboxylic acids is 2. The van der Waals surface area contributed by atoms with Crippen molar-refractivity contribution in [1.82, 2.24) is 25.1 Å². The Morgan fingerprint density at radius 3 is 2.39 bits per heavy atom. The zero-order valence-corrected chi connectivity index (χ0v) is 32.7. The number of hydrogen-bond donors (Lipinski definition) is 3. The van der Waals surface area contributed by atoms with Gasteiger partial charge in [-0.1, -0.05) is 48.0 Å². The highest BCUT2D eigenvalue weighted by molar-refractivity contribution is 7.70. The lowest BCUT2D eigenvalue weighted by molar-refractivity contribution is -0.134. The first kappa shape index (κ1) is 37.8. The highest BCUT2D eigenvalue weighted by Gasteiger charge is 2.31. The van der Waals surface area contributed by atoms with Gasteiger partial charge in [0.2, 0.25) is 17.8 Å². The van der Waals surface area contributed by atoms with Crippen molar-refractivity contribution in [2.75, 3.05) is 75.2 Å². The third kappa shape index (κ3) is 8.73. The van der Waals surface area contributed by atoms with Crippen LogP contribution in [0.1, 0.15) is 42.7 Å². The van der Waals surface area contributed by atoms with Gasteiger partial charge in [-0.15, -0.1) is 0 Å². The van der Waals surface area contributed by atoms with Gasteiger partial charge in [0.05, 0.1) is 30.6 Å². The lowest BCUT2D eigenvalue weighted by Crippen LogP contribution is -2.53. The average Bonchev–Trinajstić information content (AvgIpc) is 3.17. The molecule has 7 rings (SSSR count). The van der Waals surface area contributed by atoms with Crippen LogP contribution in [0.5, 0.6) is 5.75 Å². The first-order valence-corrected chi connectivity index (χ1v) is 21.6. The number of nitrogens with zero attached hydrogens (tertiary/aromatic N) is 5. The highest BCUT2D eigenvalue weighted by Crippen LogP contribution is 2.39. The van der Waals surface area contributed by atoms with Crippen LogP contribution in [0.25, 0.3) is 0 Å². The Bertz CT molecular complexity index is 2040. The average molecular weight is 771 g/mol. The minimum atomic E-state index is -2.54. The van der Waals surface area contributed by atoms with E-state index in [0.29, 0.717) is 47.1 Å². The number of piperazine rings is 1. The van der Waals surface area contributed by atoms with Gasteiger partial charge < -0.3 is 24.8 Å². The van der Waals surface area contributed by atoms with Crippen molar-refractivity contribution in [2.45, 2.75) is 44.2 Å². The third-order valence-corrected chi connectivity index (χ3v) is 12.6. The number of carbonyl (C=O) groups is 2. The summed E-state index contributed by atoms with van der Waals surface area (Å²) >= 11 is 6.47. The number of benzene rings is 3. The molecule has 3 N–H and O–H groups in total. The van der Waals surface area contributed by atoms with E-state index in [0.717, 1.165) is 80.9 Å². The van der Waals surface area contributed by atoms with Crippen molar-refractivity contribution in [3.8, 4) is 5.75 Å². The standard InChI is InChI=1S/C40H48ClN8O4P/c1-53-35-24-29(12-14-33(35)44-40-42-25-32(41)38(46-40)43-34-10-6-7-11-36(34)54(2,3)52)49-22-20-48(21-23-49)28-16-18-47(19-17-28)26-27-8-4-5-9-30(27)31-13-15-37(50)45-39(31)51/h4-12,14,24-25,28,31H,13,15-23,26H2,1-3H3,(H,45,50,51)(H2,42,43,44,46). The van der Waals surface area contributed by atoms with E-state index in [1.807, 2.05) is 48.5 Å². The second-order valence-corrected chi connectivity index (χ2v) is 18.2. The molecule has 1 aromatic heterocycles. The van der Waals surface area contributed by atoms with Crippen LogP contribution in [0, 0.1) is 0 Å². The van der Waals surface area contributed by atoms with Crippen LogP contribution in [-0.4, -0.2) is 97.3 Å². The van der Waals surface area contributed by atoms with Crippen molar-refractivity contribution >= 4 is 64.7 Å². The zero-order valence-electron chi connectivity index (χ0n) is 31.1. The molecule has 0 aliphatic carbocycles. The minimum Gasteiger partial charge on any atom is -0.494 e. The smallest absolute Gasteiger partial charge is 0.234 e. The number of piperidine rings is 2. The topological polar surface area (TPSA) is 132 Å². The molecule has 12 nitrogen and oxygen atoms in total. The summed E-state index contributed by atoms with van der Waals surface area (Å²) < 4.78 is 18.7. The van der Waals surface area contributed by atoms with Gasteiger partial charge in [-0.25, -0.2) is 4.98 Å². The predicted octanol–water partition coefficient (Wildman–Crippen LogP) is 6.18. The molecule has 3 fully saturated rings. The Hall–Kier alpha value is -4.48. The number of methoxy groups -OCH3 is 1. The van der Waals surface area contributed by atoms with E-state index in [-0.39, 0.29) is 17.7 Å². The van der Waals surface area contributed by atoms with Crippen LogP contribution in [-0.2, 0) is 20.7 Å². The Morgan fingerprint density at radius 2 is 1.65 bits per heavy atom. The normalized spacial score (nSPS) is 19.0. The molecule has 0 bridgehead atoms. The highest BCUT2D eigenvalue weighted by atomic mass is 35.5. The van der Waals surface area contributed by atoms with E-state index in [2.05, 4.69) is 58.8 Å². The summed E-state index contributed by atoms with van der Waals surface area (Å²) in [6.07, 6.45) is 4.72. The number of imide groups is 1. The Kier molecular flexibility index (Phi) is 11.5. The fourth-order valence-corrected chi connectivity index (χ4v) is 9.12. The van der Waals surface area contributed by atoms with E-state index < -0.39 is 7.14 Å². The van der Waals surface area contributed by atoms with Gasteiger partial charge in [0.15, 0.2) is 5.82 Å². The maximum atomic E-state index is 12.9. The van der Waals surface area contributed by atoms with Crippen molar-refractivity contribution in [2.24, 2.45) is 0 Å². The number of hydrogen-bond acceptors (Lipinski definition) is 11. The number of amides is 2. The molecule has 54 heavy (non-hydrogen) atoms. The first-order chi connectivity index (χ1) is 26.1. The van der Waals surface area contributed by atoms with Crippen molar-refractivity contribution in [1.29, 1.82) is 0 Å². The number of nitrogens with one attached hydrogen (secondary N) is 3. The largest absolute Gasteiger partial charge is 0.494 e. The molecule has 2 amide bonds.